The molecule has 10 nitrogen and oxygen atoms in total. The average Bonchev–Trinajstić information content (AvgIpc) is 3.34. The van der Waals surface area contributed by atoms with Crippen LogP contribution < -0.4 is 11.1 Å². The number of piperazine rings is 1. The fourth-order valence-corrected chi connectivity index (χ4v) is 3.96. The topological polar surface area (TPSA) is 122 Å². The highest BCUT2D eigenvalue weighted by Crippen LogP contribution is 2.23. The van der Waals surface area contributed by atoms with Crippen molar-refractivity contribution in [2.75, 3.05) is 37.2 Å². The molecular formula is C28H34N8O2. The largest absolute Gasteiger partial charge is 0.381 e. The van der Waals surface area contributed by atoms with Gasteiger partial charge < -0.3 is 25.4 Å². The fraction of sp³-hybridized carbons (Fsp3) is 0.321. The summed E-state index contributed by atoms with van der Waals surface area (Å²) in [4.78, 5) is 42.1. The first-order valence-electron chi connectivity index (χ1n) is 12.7. The van der Waals surface area contributed by atoms with Gasteiger partial charge in [-0.05, 0) is 42.3 Å². The van der Waals surface area contributed by atoms with Crippen molar-refractivity contribution in [1.29, 1.82) is 0 Å². The molecule has 2 aromatic heterocycles. The smallest absolute Gasteiger partial charge is 0.272 e. The molecule has 2 amide bonds. The maximum atomic E-state index is 13.0. The van der Waals surface area contributed by atoms with Gasteiger partial charge in [-0.3, -0.25) is 9.59 Å². The van der Waals surface area contributed by atoms with Crippen LogP contribution in [-0.2, 0) is 7.05 Å². The fourth-order valence-electron chi connectivity index (χ4n) is 3.96. The highest BCUT2D eigenvalue weighted by molar-refractivity contribution is 5.95. The zero-order chi connectivity index (χ0) is 27.2. The van der Waals surface area contributed by atoms with Gasteiger partial charge in [-0.15, -0.1) is 0 Å². The molecule has 0 saturated carbocycles. The molecule has 0 radical (unpaired) electrons. The van der Waals surface area contributed by atoms with Crippen LogP contribution in [0, 0.1) is 5.92 Å². The lowest BCUT2D eigenvalue weighted by Gasteiger charge is -2.34. The van der Waals surface area contributed by atoms with E-state index >= 15 is 0 Å². The van der Waals surface area contributed by atoms with Gasteiger partial charge in [-0.1, -0.05) is 32.9 Å². The second-order valence-corrected chi connectivity index (χ2v) is 9.85. The molecule has 0 unspecified atom stereocenters. The maximum absolute atomic E-state index is 13.0. The number of amides is 2. The minimum Gasteiger partial charge on any atom is -0.381 e. The number of nitrogens with zero attached hydrogens (tertiary/aromatic N) is 6. The van der Waals surface area contributed by atoms with E-state index in [9.17, 15) is 9.59 Å². The van der Waals surface area contributed by atoms with E-state index in [1.165, 1.54) is 0 Å². The molecule has 10 heteroatoms. The van der Waals surface area contributed by atoms with E-state index in [0.717, 1.165) is 22.6 Å². The number of nitrogen functional groups attached to an aromatic ring is 1. The van der Waals surface area contributed by atoms with Gasteiger partial charge in [-0.2, -0.15) is 0 Å². The average molecular weight is 515 g/mol. The quantitative estimate of drug-likeness (QED) is 0.423. The van der Waals surface area contributed by atoms with E-state index < -0.39 is 0 Å². The summed E-state index contributed by atoms with van der Waals surface area (Å²) in [6.45, 7) is 8.42. The Morgan fingerprint density at radius 2 is 1.42 bits per heavy atom. The summed E-state index contributed by atoms with van der Waals surface area (Å²) in [6.07, 6.45) is 3.17. The molecule has 198 valence electrons. The van der Waals surface area contributed by atoms with Crippen LogP contribution >= 0.6 is 0 Å². The van der Waals surface area contributed by atoms with Crippen LogP contribution in [0.15, 0.2) is 61.1 Å². The molecule has 38 heavy (non-hydrogen) atoms. The molecule has 0 spiro atoms. The van der Waals surface area contributed by atoms with Crippen molar-refractivity contribution in [3.63, 3.8) is 0 Å². The zero-order valence-electron chi connectivity index (χ0n) is 22.3. The third kappa shape index (κ3) is 6.26. The molecule has 0 aliphatic carbocycles. The summed E-state index contributed by atoms with van der Waals surface area (Å²) in [6, 6.07) is 14.7. The summed E-state index contributed by atoms with van der Waals surface area (Å²) >= 11 is 0. The second kappa shape index (κ2) is 11.7. The lowest BCUT2D eigenvalue weighted by Crippen LogP contribution is -2.50. The Morgan fingerprint density at radius 3 is 1.97 bits per heavy atom. The number of carbonyl (C=O) groups excluding carboxylic acids is 2. The van der Waals surface area contributed by atoms with E-state index in [-0.39, 0.29) is 11.8 Å². The van der Waals surface area contributed by atoms with E-state index in [4.69, 9.17) is 5.73 Å². The molecule has 3 heterocycles. The van der Waals surface area contributed by atoms with Crippen LogP contribution in [0.2, 0.25) is 0 Å². The van der Waals surface area contributed by atoms with Crippen LogP contribution in [0.25, 0.3) is 11.0 Å². The molecule has 4 aromatic rings. The Labute approximate surface area is 222 Å². The number of aryl methyl sites for hydroxylation is 1. The summed E-state index contributed by atoms with van der Waals surface area (Å²) in [7, 11) is 1.79. The number of para-hydroxylation sites is 2. The number of rotatable bonds is 4. The van der Waals surface area contributed by atoms with Crippen LogP contribution in [0.4, 0.5) is 17.3 Å². The van der Waals surface area contributed by atoms with Gasteiger partial charge in [-0.25, -0.2) is 15.0 Å². The van der Waals surface area contributed by atoms with Crippen molar-refractivity contribution >= 4 is 40.2 Å². The zero-order valence-corrected chi connectivity index (χ0v) is 22.3. The third-order valence-electron chi connectivity index (χ3n) is 5.88. The first kappa shape index (κ1) is 26.6. The van der Waals surface area contributed by atoms with Gasteiger partial charge in [0.05, 0.1) is 23.6 Å². The molecule has 1 aliphatic rings. The molecule has 1 aliphatic heterocycles. The van der Waals surface area contributed by atoms with Crippen molar-refractivity contribution in [2.45, 2.75) is 20.8 Å². The minimum absolute atomic E-state index is 0.0656. The van der Waals surface area contributed by atoms with E-state index in [2.05, 4.69) is 41.0 Å². The second-order valence-electron chi connectivity index (χ2n) is 9.85. The maximum Gasteiger partial charge on any atom is 0.272 e. The Bertz CT molecular complexity index is 1400. The Morgan fingerprint density at radius 1 is 0.868 bits per heavy atom. The monoisotopic (exact) mass is 514 g/mol. The summed E-state index contributed by atoms with van der Waals surface area (Å²) in [5, 5.41) is 3.17. The number of nitrogens with two attached hydrogens (primary N) is 1. The molecule has 0 bridgehead atoms. The molecule has 1 fully saturated rings. The van der Waals surface area contributed by atoms with Crippen LogP contribution in [0.1, 0.15) is 41.6 Å². The number of anilines is 3. The molecule has 1 saturated heterocycles. The number of imidazole rings is 1. The first-order valence-corrected chi connectivity index (χ1v) is 12.7. The molecule has 3 N–H and O–H groups in total. The lowest BCUT2D eigenvalue weighted by molar-refractivity contribution is 0.0530. The third-order valence-corrected chi connectivity index (χ3v) is 5.88. The van der Waals surface area contributed by atoms with Gasteiger partial charge in [0.15, 0.2) is 11.6 Å². The van der Waals surface area contributed by atoms with Crippen molar-refractivity contribution in [2.24, 2.45) is 13.0 Å². The van der Waals surface area contributed by atoms with Crippen LogP contribution in [0.5, 0.6) is 0 Å². The Kier molecular flexibility index (Phi) is 8.20. The van der Waals surface area contributed by atoms with Gasteiger partial charge in [0.2, 0.25) is 0 Å². The molecular weight excluding hydrogens is 480 g/mol. The van der Waals surface area contributed by atoms with Gasteiger partial charge in [0.1, 0.15) is 5.69 Å². The molecule has 5 rings (SSSR count). The predicted molar refractivity (Wildman–Crippen MR) is 149 cm³/mol. The number of hydrogen-bond acceptors (Lipinski definition) is 7. The number of fused-ring (bicyclic) bond motifs is 1. The number of nitrogens with one attached hydrogen (secondary N) is 1. The van der Waals surface area contributed by atoms with Crippen molar-refractivity contribution in [1.82, 2.24) is 29.3 Å². The lowest BCUT2D eigenvalue weighted by atomic mass is 10.1. The van der Waals surface area contributed by atoms with Gasteiger partial charge >= 0.3 is 0 Å². The van der Waals surface area contributed by atoms with Crippen molar-refractivity contribution in [3.8, 4) is 0 Å². The highest BCUT2D eigenvalue weighted by Gasteiger charge is 2.26. The first-order chi connectivity index (χ1) is 18.2. The predicted octanol–water partition coefficient (Wildman–Crippen LogP) is 3.95. The minimum atomic E-state index is -0.0708. The van der Waals surface area contributed by atoms with E-state index in [1.807, 2.05) is 36.4 Å². The van der Waals surface area contributed by atoms with Gasteiger partial charge in [0.25, 0.3) is 11.8 Å². The summed E-state index contributed by atoms with van der Waals surface area (Å²) in [5.41, 5.74) is 9.39. The van der Waals surface area contributed by atoms with E-state index in [1.54, 1.807) is 46.1 Å². The SMILES string of the molecule is CC(C)C.Cn1cncc1C(=O)N1CCN(C(=O)c2ccc(Nc3nc4ccccc4nc3N)cc2)CC1. The summed E-state index contributed by atoms with van der Waals surface area (Å²) in [5.74, 6) is 1.46. The number of carbonyl (C=O) groups is 2. The standard InChI is InChI=1S/C24H24N8O2.C4H10/c1-30-15-26-14-20(30)24(34)32-12-10-31(11-13-32)23(33)16-6-8-17(9-7-16)27-22-21(25)28-18-4-2-3-5-19(18)29-22;1-4(2)3/h2-9,14-15H,10-13H2,1H3,(H2,25,28)(H,27,29);4H,1-3H3. The van der Waals surface area contributed by atoms with Gasteiger partial charge in [0, 0.05) is 44.5 Å². The van der Waals surface area contributed by atoms with Crippen LogP contribution in [0.3, 0.4) is 0 Å². The number of benzene rings is 2. The Balaban J connectivity index is 0.000000786. The number of hydrogen-bond donors (Lipinski definition) is 2. The number of aromatic nitrogens is 4. The summed E-state index contributed by atoms with van der Waals surface area (Å²) < 4.78 is 1.70. The normalized spacial score (nSPS) is 13.3. The van der Waals surface area contributed by atoms with Crippen molar-refractivity contribution in [3.05, 3.63) is 72.3 Å². The molecule has 2 aromatic carbocycles. The Hall–Kier alpha value is -4.47. The molecule has 0 atom stereocenters. The van der Waals surface area contributed by atoms with E-state index in [0.29, 0.717) is 49.1 Å². The van der Waals surface area contributed by atoms with Crippen LogP contribution in [-0.4, -0.2) is 67.3 Å². The highest BCUT2D eigenvalue weighted by atomic mass is 16.2. The van der Waals surface area contributed by atoms with Crippen molar-refractivity contribution < 1.29 is 9.59 Å².